The Bertz CT molecular complexity index is 870. The number of hydrogen-bond donors (Lipinski definition) is 2. The molecule has 0 radical (unpaired) electrons. The Kier molecular flexibility index (Phi) is 8.09. The van der Waals surface area contributed by atoms with Crippen molar-refractivity contribution in [2.45, 2.75) is 6.42 Å². The molecule has 0 aliphatic carbocycles. The lowest BCUT2D eigenvalue weighted by molar-refractivity contribution is -0.120. The molecule has 0 aromatic heterocycles. The molecule has 0 aliphatic rings. The predicted molar refractivity (Wildman–Crippen MR) is 106 cm³/mol. The number of hydrazone groups is 1. The zero-order valence-corrected chi connectivity index (χ0v) is 15.5. The molecule has 0 heterocycles. The second-order valence-electron chi connectivity index (χ2n) is 5.56. The molecule has 2 aromatic rings. The first-order valence-corrected chi connectivity index (χ1v) is 8.53. The molecule has 0 atom stereocenters. The number of rotatable bonds is 9. The molecule has 2 N–H and O–H groups in total. The van der Waals surface area contributed by atoms with E-state index in [9.17, 15) is 9.59 Å². The van der Waals surface area contributed by atoms with Gasteiger partial charge >= 0.3 is 0 Å². The third-order valence-electron chi connectivity index (χ3n) is 3.61. The number of benzene rings is 2. The minimum absolute atomic E-state index is 0.0917. The number of para-hydroxylation sites is 1. The SMILES string of the molecule is C#CCOc1ccccc1C=NNC(=O)CCNC(=O)c1ccc(OC)cc1. The normalized spacial score (nSPS) is 10.1. The Morgan fingerprint density at radius 1 is 1.18 bits per heavy atom. The van der Waals surface area contributed by atoms with Gasteiger partial charge in [-0.1, -0.05) is 18.1 Å². The van der Waals surface area contributed by atoms with E-state index in [4.69, 9.17) is 15.9 Å². The van der Waals surface area contributed by atoms with Crippen LogP contribution in [-0.2, 0) is 4.79 Å². The summed E-state index contributed by atoms with van der Waals surface area (Å²) >= 11 is 0. The van der Waals surface area contributed by atoms with Gasteiger partial charge in [-0.15, -0.1) is 6.42 Å². The summed E-state index contributed by atoms with van der Waals surface area (Å²) in [6, 6.07) is 13.9. The fourth-order valence-corrected chi connectivity index (χ4v) is 2.20. The Morgan fingerprint density at radius 3 is 2.64 bits per heavy atom. The van der Waals surface area contributed by atoms with Gasteiger partial charge in [0.25, 0.3) is 5.91 Å². The fraction of sp³-hybridized carbons (Fsp3) is 0.190. The van der Waals surface area contributed by atoms with E-state index in [1.165, 1.54) is 6.21 Å². The summed E-state index contributed by atoms with van der Waals surface area (Å²) in [5.41, 5.74) is 3.58. The third kappa shape index (κ3) is 6.50. The Morgan fingerprint density at radius 2 is 1.93 bits per heavy atom. The van der Waals surface area contributed by atoms with Crippen LogP contribution < -0.4 is 20.2 Å². The maximum Gasteiger partial charge on any atom is 0.251 e. The van der Waals surface area contributed by atoms with Gasteiger partial charge in [0.15, 0.2) is 0 Å². The largest absolute Gasteiger partial charge is 0.497 e. The zero-order chi connectivity index (χ0) is 20.2. The van der Waals surface area contributed by atoms with Gasteiger partial charge in [0.2, 0.25) is 5.91 Å². The monoisotopic (exact) mass is 379 g/mol. The lowest BCUT2D eigenvalue weighted by atomic mass is 10.2. The van der Waals surface area contributed by atoms with Gasteiger partial charge in [0.05, 0.1) is 13.3 Å². The summed E-state index contributed by atoms with van der Waals surface area (Å²) in [5, 5.41) is 6.58. The number of terminal acetylenes is 1. The number of nitrogens with one attached hydrogen (secondary N) is 2. The van der Waals surface area contributed by atoms with Gasteiger partial charge in [0.1, 0.15) is 18.1 Å². The first kappa shape index (κ1) is 20.5. The van der Waals surface area contributed by atoms with E-state index in [2.05, 4.69) is 21.8 Å². The first-order chi connectivity index (χ1) is 13.6. The Labute approximate surface area is 163 Å². The van der Waals surface area contributed by atoms with Gasteiger partial charge in [-0.05, 0) is 36.4 Å². The molecule has 0 bridgehead atoms. The molecule has 2 aromatic carbocycles. The van der Waals surface area contributed by atoms with E-state index in [-0.39, 0.29) is 31.4 Å². The van der Waals surface area contributed by atoms with Gasteiger partial charge < -0.3 is 14.8 Å². The van der Waals surface area contributed by atoms with Crippen LogP contribution in [-0.4, -0.2) is 38.3 Å². The van der Waals surface area contributed by atoms with Crippen LogP contribution in [0.1, 0.15) is 22.3 Å². The molecule has 2 rings (SSSR count). The fourth-order valence-electron chi connectivity index (χ4n) is 2.20. The molecule has 0 saturated carbocycles. The van der Waals surface area contributed by atoms with Crippen molar-refractivity contribution in [1.82, 2.24) is 10.7 Å². The molecular weight excluding hydrogens is 358 g/mol. The zero-order valence-electron chi connectivity index (χ0n) is 15.5. The van der Waals surface area contributed by atoms with E-state index in [0.29, 0.717) is 22.6 Å². The van der Waals surface area contributed by atoms with Crippen molar-refractivity contribution in [2.75, 3.05) is 20.3 Å². The van der Waals surface area contributed by atoms with E-state index in [0.717, 1.165) is 0 Å². The summed E-state index contributed by atoms with van der Waals surface area (Å²) in [6.07, 6.45) is 6.75. The molecular formula is C21H21N3O4. The topological polar surface area (TPSA) is 89.0 Å². The number of nitrogens with zero attached hydrogens (tertiary/aromatic N) is 1. The van der Waals surface area contributed by atoms with Gasteiger partial charge in [-0.3, -0.25) is 9.59 Å². The molecule has 144 valence electrons. The van der Waals surface area contributed by atoms with Crippen molar-refractivity contribution in [3.05, 3.63) is 59.7 Å². The Hall–Kier alpha value is -3.79. The van der Waals surface area contributed by atoms with E-state index in [1.54, 1.807) is 43.5 Å². The average molecular weight is 379 g/mol. The second-order valence-corrected chi connectivity index (χ2v) is 5.56. The summed E-state index contributed by atoms with van der Waals surface area (Å²) in [6.45, 7) is 0.333. The van der Waals surface area contributed by atoms with Crippen LogP contribution in [0, 0.1) is 12.3 Å². The lowest BCUT2D eigenvalue weighted by Crippen LogP contribution is -2.29. The number of amides is 2. The molecule has 0 aliphatic heterocycles. The summed E-state index contributed by atoms with van der Waals surface area (Å²) < 4.78 is 10.4. The van der Waals surface area contributed by atoms with Crippen molar-refractivity contribution in [3.63, 3.8) is 0 Å². The summed E-state index contributed by atoms with van der Waals surface area (Å²) in [5.74, 6) is 3.04. The van der Waals surface area contributed by atoms with Gasteiger partial charge in [-0.25, -0.2) is 5.43 Å². The molecule has 7 nitrogen and oxygen atoms in total. The maximum absolute atomic E-state index is 12.0. The highest BCUT2D eigenvalue weighted by molar-refractivity contribution is 5.94. The molecule has 0 spiro atoms. The minimum Gasteiger partial charge on any atom is -0.497 e. The number of carbonyl (C=O) groups excluding carboxylic acids is 2. The summed E-state index contributed by atoms with van der Waals surface area (Å²) in [7, 11) is 1.55. The van der Waals surface area contributed by atoms with Crippen LogP contribution in [0.15, 0.2) is 53.6 Å². The third-order valence-corrected chi connectivity index (χ3v) is 3.61. The number of ether oxygens (including phenoxy) is 2. The lowest BCUT2D eigenvalue weighted by Gasteiger charge is -2.06. The minimum atomic E-state index is -0.326. The molecule has 7 heteroatoms. The Balaban J connectivity index is 1.76. The van der Waals surface area contributed by atoms with Crippen molar-refractivity contribution >= 4 is 18.0 Å². The number of methoxy groups -OCH3 is 1. The van der Waals surface area contributed by atoms with Crippen molar-refractivity contribution in [3.8, 4) is 23.8 Å². The van der Waals surface area contributed by atoms with Crippen molar-refractivity contribution in [1.29, 1.82) is 0 Å². The van der Waals surface area contributed by atoms with Gasteiger partial charge in [0, 0.05) is 24.1 Å². The smallest absolute Gasteiger partial charge is 0.251 e. The van der Waals surface area contributed by atoms with Crippen LogP contribution >= 0.6 is 0 Å². The van der Waals surface area contributed by atoms with E-state index in [1.807, 2.05) is 12.1 Å². The molecule has 0 unspecified atom stereocenters. The summed E-state index contributed by atoms with van der Waals surface area (Å²) in [4.78, 5) is 23.8. The van der Waals surface area contributed by atoms with Crippen molar-refractivity contribution in [2.24, 2.45) is 5.10 Å². The van der Waals surface area contributed by atoms with Crippen LogP contribution in [0.4, 0.5) is 0 Å². The van der Waals surface area contributed by atoms with E-state index < -0.39 is 0 Å². The molecule has 0 fully saturated rings. The highest BCUT2D eigenvalue weighted by Crippen LogP contribution is 2.15. The number of carbonyl (C=O) groups is 2. The first-order valence-electron chi connectivity index (χ1n) is 8.53. The second kappa shape index (κ2) is 11.0. The maximum atomic E-state index is 12.0. The quantitative estimate of drug-likeness (QED) is 0.396. The standard InChI is InChI=1S/C21H21N3O4/c1-3-14-28-19-7-5-4-6-17(19)15-23-24-20(25)12-13-22-21(26)16-8-10-18(27-2)11-9-16/h1,4-11,15H,12-14H2,2H3,(H,22,26)(H,24,25). The predicted octanol–water partition coefficient (Wildman–Crippen LogP) is 1.98. The van der Waals surface area contributed by atoms with Crippen molar-refractivity contribution < 1.29 is 19.1 Å². The average Bonchev–Trinajstić information content (AvgIpc) is 2.73. The van der Waals surface area contributed by atoms with Crippen LogP contribution in [0.5, 0.6) is 11.5 Å². The molecule has 2 amide bonds. The van der Waals surface area contributed by atoms with Crippen LogP contribution in [0.2, 0.25) is 0 Å². The highest BCUT2D eigenvalue weighted by Gasteiger charge is 2.07. The number of hydrogen-bond acceptors (Lipinski definition) is 5. The molecule has 28 heavy (non-hydrogen) atoms. The highest BCUT2D eigenvalue weighted by atomic mass is 16.5. The van der Waals surface area contributed by atoms with Crippen LogP contribution in [0.25, 0.3) is 0 Å². The van der Waals surface area contributed by atoms with Gasteiger partial charge in [-0.2, -0.15) is 5.10 Å². The van der Waals surface area contributed by atoms with Crippen LogP contribution in [0.3, 0.4) is 0 Å². The van der Waals surface area contributed by atoms with E-state index >= 15 is 0 Å². The molecule has 0 saturated heterocycles.